The summed E-state index contributed by atoms with van der Waals surface area (Å²) in [6.07, 6.45) is 5.65. The number of anilines is 1. The van der Waals surface area contributed by atoms with Gasteiger partial charge in [0.25, 0.3) is 5.91 Å². The number of rotatable bonds is 12. The molecular formula is C39H46FN7O3. The maximum absolute atomic E-state index is 15.1. The zero-order valence-corrected chi connectivity index (χ0v) is 28.6. The van der Waals surface area contributed by atoms with E-state index >= 15 is 4.39 Å². The number of carbonyl (C=O) groups excluding carboxylic acids is 3. The highest BCUT2D eigenvalue weighted by Crippen LogP contribution is 2.32. The molecule has 2 fully saturated rings. The molecule has 0 radical (unpaired) electrons. The molecule has 0 spiro atoms. The molecule has 3 aliphatic rings. The van der Waals surface area contributed by atoms with Crippen LogP contribution in [0.2, 0.25) is 0 Å². The van der Waals surface area contributed by atoms with Crippen molar-refractivity contribution < 1.29 is 18.8 Å². The van der Waals surface area contributed by atoms with Crippen molar-refractivity contribution in [3.8, 4) is 11.1 Å². The first-order chi connectivity index (χ1) is 24.3. The molecule has 0 unspecified atom stereocenters. The molecule has 50 heavy (non-hydrogen) atoms. The Morgan fingerprint density at radius 1 is 0.940 bits per heavy atom. The molecule has 0 bridgehead atoms. The standard InChI is InChI=1S/C39H46FN7O3/c1-24-34(19-31(20-35(24)40)39(50)46-33-14-16-42-17-15-33)27-6-2-25(3-7-27)18-30(21-36(48)28-8-4-26(22-41)5-9-28)38(49)45-32-12-10-29(11-13-32)37-43-23-44-47-37/h2-3,6-7,10-13,19-20,26,28,30,33,42H,4-5,8-9,14-18,21-23,41H2,1H3,(H,45,49)(H,46,50)/t26?,28?,30-/m1/s1. The number of halogens is 1. The Balaban J connectivity index is 1.17. The monoisotopic (exact) mass is 679 g/mol. The van der Waals surface area contributed by atoms with Crippen LogP contribution in [0, 0.1) is 30.5 Å². The number of azo groups is 1. The van der Waals surface area contributed by atoms with E-state index < -0.39 is 11.7 Å². The van der Waals surface area contributed by atoms with E-state index in [1.807, 2.05) is 36.4 Å². The average Bonchev–Trinajstić information content (AvgIpc) is 3.69. The fourth-order valence-corrected chi connectivity index (χ4v) is 7.16. The number of nitrogens with zero attached hydrogens (tertiary/aromatic N) is 3. The lowest BCUT2D eigenvalue weighted by molar-refractivity contribution is -0.129. The van der Waals surface area contributed by atoms with Gasteiger partial charge < -0.3 is 21.7 Å². The van der Waals surface area contributed by atoms with Crippen LogP contribution in [0.3, 0.4) is 0 Å². The van der Waals surface area contributed by atoms with Gasteiger partial charge in [-0.25, -0.2) is 9.38 Å². The van der Waals surface area contributed by atoms with Gasteiger partial charge in [-0.2, -0.15) is 5.11 Å². The van der Waals surface area contributed by atoms with E-state index in [0.29, 0.717) is 48.2 Å². The zero-order chi connectivity index (χ0) is 35.0. The Morgan fingerprint density at radius 2 is 1.64 bits per heavy atom. The highest BCUT2D eigenvalue weighted by atomic mass is 19.1. The van der Waals surface area contributed by atoms with Crippen LogP contribution in [0.5, 0.6) is 0 Å². The Morgan fingerprint density at radius 3 is 2.30 bits per heavy atom. The van der Waals surface area contributed by atoms with Gasteiger partial charge in [0.05, 0.1) is 0 Å². The summed E-state index contributed by atoms with van der Waals surface area (Å²) in [7, 11) is 0. The topological polar surface area (TPSA) is 150 Å². The molecule has 11 heteroatoms. The van der Waals surface area contributed by atoms with Gasteiger partial charge in [-0.15, -0.1) is 5.11 Å². The molecule has 0 aromatic heterocycles. The van der Waals surface area contributed by atoms with Crippen molar-refractivity contribution in [3.63, 3.8) is 0 Å². The molecule has 5 N–H and O–H groups in total. The van der Waals surface area contributed by atoms with Crippen molar-refractivity contribution in [3.05, 3.63) is 88.7 Å². The highest BCUT2D eigenvalue weighted by molar-refractivity contribution is 6.01. The second-order valence-electron chi connectivity index (χ2n) is 13.8. The van der Waals surface area contributed by atoms with Crippen LogP contribution in [-0.4, -0.2) is 55.8 Å². The summed E-state index contributed by atoms with van der Waals surface area (Å²) >= 11 is 0. The number of piperidine rings is 1. The first-order valence-corrected chi connectivity index (χ1v) is 17.7. The molecule has 2 aliphatic heterocycles. The van der Waals surface area contributed by atoms with E-state index in [0.717, 1.165) is 68.3 Å². The third-order valence-corrected chi connectivity index (χ3v) is 10.3. The van der Waals surface area contributed by atoms with Crippen LogP contribution in [-0.2, 0) is 16.0 Å². The van der Waals surface area contributed by atoms with Gasteiger partial charge in [0, 0.05) is 41.1 Å². The van der Waals surface area contributed by atoms with Crippen LogP contribution < -0.4 is 21.7 Å². The number of carbonyl (C=O) groups is 3. The summed E-state index contributed by atoms with van der Waals surface area (Å²) < 4.78 is 15.1. The molecule has 2 heterocycles. The second kappa shape index (κ2) is 16.4. The molecule has 262 valence electrons. The number of aliphatic imine (C=N–C) groups is 1. The van der Waals surface area contributed by atoms with Crippen molar-refractivity contribution in [2.24, 2.45) is 38.7 Å². The lowest BCUT2D eigenvalue weighted by Crippen LogP contribution is -2.42. The molecule has 1 saturated carbocycles. The van der Waals surface area contributed by atoms with E-state index in [9.17, 15) is 14.4 Å². The average molecular weight is 680 g/mol. The Hall–Kier alpha value is -4.61. The number of benzene rings is 3. The molecule has 1 saturated heterocycles. The van der Waals surface area contributed by atoms with Crippen molar-refractivity contribution in [1.82, 2.24) is 10.6 Å². The lowest BCUT2D eigenvalue weighted by Gasteiger charge is -2.27. The first kappa shape index (κ1) is 35.2. The van der Waals surface area contributed by atoms with Crippen molar-refractivity contribution in [1.29, 1.82) is 0 Å². The molecule has 1 aliphatic carbocycles. The molecule has 1 atom stereocenters. The zero-order valence-electron chi connectivity index (χ0n) is 28.6. The largest absolute Gasteiger partial charge is 0.349 e. The van der Waals surface area contributed by atoms with Crippen LogP contribution >= 0.6 is 0 Å². The molecule has 2 amide bonds. The number of amidine groups is 1. The summed E-state index contributed by atoms with van der Waals surface area (Å²) in [5.41, 5.74) is 10.3. The molecule has 6 rings (SSSR count). The van der Waals surface area contributed by atoms with Gasteiger partial charge >= 0.3 is 0 Å². The van der Waals surface area contributed by atoms with Crippen molar-refractivity contribution in [2.75, 3.05) is 31.6 Å². The number of hydrogen-bond acceptors (Lipinski definition) is 8. The third-order valence-electron chi connectivity index (χ3n) is 10.3. The summed E-state index contributed by atoms with van der Waals surface area (Å²) in [4.78, 5) is 44.6. The summed E-state index contributed by atoms with van der Waals surface area (Å²) in [6.45, 7) is 4.34. The number of Topliss-reactive ketones (excluding diaryl/α,β-unsaturated/α-hetero) is 1. The maximum atomic E-state index is 15.1. The number of ketones is 1. The molecular weight excluding hydrogens is 633 g/mol. The van der Waals surface area contributed by atoms with Gasteiger partial charge in [-0.1, -0.05) is 24.3 Å². The molecule has 3 aromatic rings. The minimum Gasteiger partial charge on any atom is -0.349 e. The second-order valence-corrected chi connectivity index (χ2v) is 13.8. The quantitative estimate of drug-likeness (QED) is 0.186. The minimum atomic E-state index is -0.588. The van der Waals surface area contributed by atoms with E-state index in [4.69, 9.17) is 5.73 Å². The fourth-order valence-electron chi connectivity index (χ4n) is 7.16. The van der Waals surface area contributed by atoms with Gasteiger partial charge in [0.1, 0.15) is 11.6 Å². The van der Waals surface area contributed by atoms with Gasteiger partial charge in [0.2, 0.25) is 5.91 Å². The number of hydrogen-bond donors (Lipinski definition) is 4. The molecule has 10 nitrogen and oxygen atoms in total. The third kappa shape index (κ3) is 8.75. The van der Waals surface area contributed by atoms with Crippen LogP contribution in [0.1, 0.15) is 72.0 Å². The van der Waals surface area contributed by atoms with Crippen LogP contribution in [0.25, 0.3) is 11.1 Å². The maximum Gasteiger partial charge on any atom is 0.251 e. The Labute approximate surface area is 292 Å². The fraction of sp³-hybridized carbons (Fsp3) is 0.436. The van der Waals surface area contributed by atoms with E-state index in [2.05, 4.69) is 31.2 Å². The van der Waals surface area contributed by atoms with E-state index in [-0.39, 0.29) is 41.5 Å². The summed E-state index contributed by atoms with van der Waals surface area (Å²) in [5.74, 6) is -0.468. The number of nitrogens with one attached hydrogen (secondary N) is 3. The highest BCUT2D eigenvalue weighted by Gasteiger charge is 2.30. The normalized spacial score (nSPS) is 19.9. The number of amides is 2. The Kier molecular flexibility index (Phi) is 11.6. The lowest BCUT2D eigenvalue weighted by atomic mass is 9.77. The summed E-state index contributed by atoms with van der Waals surface area (Å²) in [5, 5.41) is 17.3. The predicted octanol–water partition coefficient (Wildman–Crippen LogP) is 5.97. The van der Waals surface area contributed by atoms with Crippen LogP contribution in [0.4, 0.5) is 10.1 Å². The van der Waals surface area contributed by atoms with Crippen LogP contribution in [0.15, 0.2) is 75.9 Å². The number of nitrogens with two attached hydrogens (primary N) is 1. The van der Waals surface area contributed by atoms with Crippen molar-refractivity contribution >= 4 is 29.1 Å². The van der Waals surface area contributed by atoms with E-state index in [1.54, 1.807) is 25.1 Å². The van der Waals surface area contributed by atoms with Gasteiger partial charge in [0.15, 0.2) is 12.5 Å². The predicted molar refractivity (Wildman–Crippen MR) is 193 cm³/mol. The van der Waals surface area contributed by atoms with Gasteiger partial charge in [-0.3, -0.25) is 14.4 Å². The SMILES string of the molecule is Cc1c(F)cc(C(=O)NC2CCNCC2)cc1-c1ccc(C[C@H](CC(=O)C2CCC(CN)CC2)C(=O)Nc2ccc(C3=NCN=N3)cc2)cc1. The molecule has 3 aromatic carbocycles. The minimum absolute atomic E-state index is 0.0618. The Bertz CT molecular complexity index is 1740. The van der Waals surface area contributed by atoms with E-state index in [1.165, 1.54) is 6.07 Å². The first-order valence-electron chi connectivity index (χ1n) is 17.7. The van der Waals surface area contributed by atoms with Gasteiger partial charge in [-0.05, 0) is 136 Å². The van der Waals surface area contributed by atoms with Crippen molar-refractivity contribution in [2.45, 2.75) is 64.3 Å². The smallest absolute Gasteiger partial charge is 0.251 e. The summed E-state index contributed by atoms with van der Waals surface area (Å²) in [6, 6.07) is 18.0.